The first-order chi connectivity index (χ1) is 8.33. The number of ether oxygens (including phenoxy) is 1. The highest BCUT2D eigenvalue weighted by Crippen LogP contribution is 2.20. The molecule has 0 amide bonds. The lowest BCUT2D eigenvalue weighted by Crippen LogP contribution is -2.44. The average molecular weight is 234 g/mol. The third-order valence-corrected chi connectivity index (χ3v) is 3.44. The minimum absolute atomic E-state index is 0.627. The number of benzene rings is 1. The summed E-state index contributed by atoms with van der Waals surface area (Å²) in [4.78, 5) is 2.46. The van der Waals surface area contributed by atoms with Crippen LogP contribution in [0.2, 0.25) is 0 Å². The largest absolute Gasteiger partial charge is 0.380 e. The van der Waals surface area contributed by atoms with Crippen molar-refractivity contribution in [2.45, 2.75) is 25.5 Å². The van der Waals surface area contributed by atoms with E-state index in [0.29, 0.717) is 12.6 Å². The van der Waals surface area contributed by atoms with E-state index in [2.05, 4.69) is 41.5 Å². The summed E-state index contributed by atoms with van der Waals surface area (Å²) in [5, 5.41) is 3.37. The second-order valence-corrected chi connectivity index (χ2v) is 4.67. The Morgan fingerprint density at radius 1 is 1.35 bits per heavy atom. The van der Waals surface area contributed by atoms with Gasteiger partial charge in [-0.25, -0.2) is 0 Å². The summed E-state index contributed by atoms with van der Waals surface area (Å²) in [5.74, 6) is 0. The number of hydrogen-bond acceptors (Lipinski definition) is 3. The Hall–Kier alpha value is -1.06. The van der Waals surface area contributed by atoms with E-state index < -0.39 is 0 Å². The molecule has 1 aromatic carbocycles. The minimum atomic E-state index is 0.627. The quantitative estimate of drug-likeness (QED) is 0.862. The standard InChI is InChI=1S/C14H22N2O/c1-15-13-4-3-9-16(10-13)14-7-5-12(6-8-14)11-17-2/h5-8,13,15H,3-4,9-11H2,1-2H3. The first-order valence-electron chi connectivity index (χ1n) is 6.33. The Labute approximate surface area is 104 Å². The molecule has 0 aliphatic carbocycles. The third kappa shape index (κ3) is 3.20. The molecular formula is C14H22N2O. The van der Waals surface area contributed by atoms with E-state index in [9.17, 15) is 0 Å². The smallest absolute Gasteiger partial charge is 0.0713 e. The molecule has 1 atom stereocenters. The molecule has 1 unspecified atom stereocenters. The maximum absolute atomic E-state index is 5.12. The van der Waals surface area contributed by atoms with Crippen molar-refractivity contribution in [2.75, 3.05) is 32.1 Å². The van der Waals surface area contributed by atoms with Crippen LogP contribution in [0.15, 0.2) is 24.3 Å². The zero-order valence-electron chi connectivity index (χ0n) is 10.8. The molecule has 3 heteroatoms. The third-order valence-electron chi connectivity index (χ3n) is 3.44. The molecule has 1 aliphatic heterocycles. The van der Waals surface area contributed by atoms with Crippen LogP contribution in [0.5, 0.6) is 0 Å². The van der Waals surface area contributed by atoms with Crippen LogP contribution in [0.3, 0.4) is 0 Å². The summed E-state index contributed by atoms with van der Waals surface area (Å²) < 4.78 is 5.12. The van der Waals surface area contributed by atoms with Gasteiger partial charge < -0.3 is 15.0 Å². The number of nitrogens with one attached hydrogen (secondary N) is 1. The number of hydrogen-bond donors (Lipinski definition) is 1. The molecule has 0 bridgehead atoms. The van der Waals surface area contributed by atoms with Gasteiger partial charge in [0.05, 0.1) is 6.61 Å². The van der Waals surface area contributed by atoms with Crippen molar-refractivity contribution in [3.8, 4) is 0 Å². The molecule has 2 rings (SSSR count). The van der Waals surface area contributed by atoms with E-state index in [-0.39, 0.29) is 0 Å². The zero-order chi connectivity index (χ0) is 12.1. The van der Waals surface area contributed by atoms with Gasteiger partial charge in [0.25, 0.3) is 0 Å². The molecule has 1 heterocycles. The van der Waals surface area contributed by atoms with Crippen LogP contribution in [-0.2, 0) is 11.3 Å². The van der Waals surface area contributed by atoms with Gasteiger partial charge >= 0.3 is 0 Å². The van der Waals surface area contributed by atoms with Gasteiger partial charge in [0.15, 0.2) is 0 Å². The van der Waals surface area contributed by atoms with Crippen LogP contribution in [0.25, 0.3) is 0 Å². The lowest BCUT2D eigenvalue weighted by Gasteiger charge is -2.34. The van der Waals surface area contributed by atoms with E-state index in [1.807, 2.05) is 0 Å². The molecule has 94 valence electrons. The maximum Gasteiger partial charge on any atom is 0.0713 e. The highest BCUT2D eigenvalue weighted by atomic mass is 16.5. The molecular weight excluding hydrogens is 212 g/mol. The van der Waals surface area contributed by atoms with Gasteiger partial charge in [-0.3, -0.25) is 0 Å². The van der Waals surface area contributed by atoms with Gasteiger partial charge in [-0.05, 0) is 37.6 Å². The number of likely N-dealkylation sites (N-methyl/N-ethyl adjacent to an activating group) is 1. The highest BCUT2D eigenvalue weighted by molar-refractivity contribution is 5.48. The van der Waals surface area contributed by atoms with Crippen LogP contribution < -0.4 is 10.2 Å². The van der Waals surface area contributed by atoms with E-state index >= 15 is 0 Å². The van der Waals surface area contributed by atoms with Gasteiger partial charge in [0.1, 0.15) is 0 Å². The van der Waals surface area contributed by atoms with Crippen LogP contribution in [0.1, 0.15) is 18.4 Å². The normalized spacial score (nSPS) is 20.6. The first-order valence-corrected chi connectivity index (χ1v) is 6.33. The fraction of sp³-hybridized carbons (Fsp3) is 0.571. The Bertz CT molecular complexity index is 337. The van der Waals surface area contributed by atoms with E-state index in [0.717, 1.165) is 6.54 Å². The Morgan fingerprint density at radius 3 is 2.76 bits per heavy atom. The van der Waals surface area contributed by atoms with E-state index in [1.165, 1.54) is 30.6 Å². The summed E-state index contributed by atoms with van der Waals surface area (Å²) in [5.41, 5.74) is 2.56. The second-order valence-electron chi connectivity index (χ2n) is 4.67. The maximum atomic E-state index is 5.12. The molecule has 1 saturated heterocycles. The van der Waals surface area contributed by atoms with Gasteiger partial charge in [-0.1, -0.05) is 12.1 Å². The minimum Gasteiger partial charge on any atom is -0.380 e. The van der Waals surface area contributed by atoms with Crippen LogP contribution in [0.4, 0.5) is 5.69 Å². The fourth-order valence-corrected chi connectivity index (χ4v) is 2.42. The lowest BCUT2D eigenvalue weighted by molar-refractivity contribution is 0.185. The Balaban J connectivity index is 2.01. The average Bonchev–Trinajstić information content (AvgIpc) is 2.40. The van der Waals surface area contributed by atoms with Crippen molar-refractivity contribution in [2.24, 2.45) is 0 Å². The first kappa shape index (κ1) is 12.4. The van der Waals surface area contributed by atoms with Crippen molar-refractivity contribution in [3.63, 3.8) is 0 Å². The van der Waals surface area contributed by atoms with Crippen molar-refractivity contribution < 1.29 is 4.74 Å². The molecule has 17 heavy (non-hydrogen) atoms. The SMILES string of the molecule is CNC1CCCN(c2ccc(COC)cc2)C1. The molecule has 1 N–H and O–H groups in total. The van der Waals surface area contributed by atoms with Crippen LogP contribution in [0, 0.1) is 0 Å². The molecule has 0 spiro atoms. The molecule has 0 saturated carbocycles. The summed E-state index contributed by atoms with van der Waals surface area (Å²) in [6.07, 6.45) is 2.56. The monoisotopic (exact) mass is 234 g/mol. The zero-order valence-corrected chi connectivity index (χ0v) is 10.8. The van der Waals surface area contributed by atoms with Crippen LogP contribution in [-0.4, -0.2) is 33.3 Å². The molecule has 1 fully saturated rings. The van der Waals surface area contributed by atoms with E-state index in [1.54, 1.807) is 7.11 Å². The predicted octanol–water partition coefficient (Wildman–Crippen LogP) is 2.02. The Kier molecular flexibility index (Phi) is 4.40. The van der Waals surface area contributed by atoms with Crippen LogP contribution >= 0.6 is 0 Å². The number of nitrogens with zero attached hydrogens (tertiary/aromatic N) is 1. The van der Waals surface area contributed by atoms with Gasteiger partial charge in [0.2, 0.25) is 0 Å². The number of rotatable bonds is 4. The summed E-state index contributed by atoms with van der Waals surface area (Å²) >= 11 is 0. The Morgan fingerprint density at radius 2 is 2.12 bits per heavy atom. The van der Waals surface area contributed by atoms with Crippen molar-refractivity contribution in [3.05, 3.63) is 29.8 Å². The van der Waals surface area contributed by atoms with Crippen molar-refractivity contribution in [1.29, 1.82) is 0 Å². The van der Waals surface area contributed by atoms with Crippen molar-refractivity contribution >= 4 is 5.69 Å². The number of methoxy groups -OCH3 is 1. The summed E-state index contributed by atoms with van der Waals surface area (Å²) in [6, 6.07) is 9.34. The lowest BCUT2D eigenvalue weighted by atomic mass is 10.0. The van der Waals surface area contributed by atoms with Gasteiger partial charge in [-0.15, -0.1) is 0 Å². The molecule has 1 aromatic rings. The topological polar surface area (TPSA) is 24.5 Å². The fourth-order valence-electron chi connectivity index (χ4n) is 2.42. The molecule has 1 aliphatic rings. The van der Waals surface area contributed by atoms with Crippen molar-refractivity contribution in [1.82, 2.24) is 5.32 Å². The highest BCUT2D eigenvalue weighted by Gasteiger charge is 2.18. The summed E-state index contributed by atoms with van der Waals surface area (Å²) in [7, 11) is 3.78. The predicted molar refractivity (Wildman–Crippen MR) is 71.4 cm³/mol. The van der Waals surface area contributed by atoms with Gasteiger partial charge in [-0.2, -0.15) is 0 Å². The number of piperidine rings is 1. The molecule has 3 nitrogen and oxygen atoms in total. The summed E-state index contributed by atoms with van der Waals surface area (Å²) in [6.45, 7) is 2.97. The van der Waals surface area contributed by atoms with Gasteiger partial charge in [0, 0.05) is 31.9 Å². The molecule has 0 aromatic heterocycles. The second kappa shape index (κ2) is 6.03. The number of anilines is 1. The molecule has 0 radical (unpaired) electrons. The van der Waals surface area contributed by atoms with E-state index in [4.69, 9.17) is 4.74 Å².